The highest BCUT2D eigenvalue weighted by atomic mass is 16.5. The van der Waals surface area contributed by atoms with Crippen LogP contribution in [-0.2, 0) is 6.61 Å². The first-order valence-electron chi connectivity index (χ1n) is 7.19. The summed E-state index contributed by atoms with van der Waals surface area (Å²) in [6.07, 6.45) is 3.14. The largest absolute Gasteiger partial charge is 0.508 e. The molecule has 0 amide bonds. The average Bonchev–Trinajstić information content (AvgIpc) is 2.65. The lowest BCUT2D eigenvalue weighted by atomic mass is 9.93. The molecule has 2 aromatic rings. The molecular formula is C18H19NO2. The number of ether oxygens (including phenoxy) is 1. The second-order valence-electron chi connectivity index (χ2n) is 5.14. The van der Waals surface area contributed by atoms with Crippen LogP contribution < -0.4 is 10.1 Å². The molecule has 0 unspecified atom stereocenters. The van der Waals surface area contributed by atoms with Gasteiger partial charge in [0.2, 0.25) is 0 Å². The lowest BCUT2D eigenvalue weighted by Crippen LogP contribution is -2.06. The van der Waals surface area contributed by atoms with Gasteiger partial charge in [-0.05, 0) is 54.9 Å². The molecule has 3 nitrogen and oxygen atoms in total. The van der Waals surface area contributed by atoms with Crippen LogP contribution in [0.25, 0.3) is 5.57 Å². The quantitative estimate of drug-likeness (QED) is 0.848. The van der Waals surface area contributed by atoms with Crippen LogP contribution in [0.3, 0.4) is 0 Å². The van der Waals surface area contributed by atoms with Gasteiger partial charge in [0.05, 0.1) is 0 Å². The van der Waals surface area contributed by atoms with E-state index >= 15 is 0 Å². The number of nitrogens with one attached hydrogen (secondary N) is 1. The first-order chi connectivity index (χ1) is 10.3. The molecule has 0 aliphatic carbocycles. The second kappa shape index (κ2) is 6.02. The highest BCUT2D eigenvalue weighted by Gasteiger charge is 2.19. The van der Waals surface area contributed by atoms with Gasteiger partial charge in [0, 0.05) is 5.56 Å². The first-order valence-corrected chi connectivity index (χ1v) is 7.19. The molecule has 0 aromatic heterocycles. The van der Waals surface area contributed by atoms with Crippen LogP contribution >= 0.6 is 0 Å². The average molecular weight is 281 g/mol. The smallest absolute Gasteiger partial charge is 0.127 e. The number of aromatic hydroxyl groups is 1. The van der Waals surface area contributed by atoms with E-state index in [9.17, 15) is 5.11 Å². The lowest BCUT2D eigenvalue weighted by Gasteiger charge is -2.11. The maximum absolute atomic E-state index is 9.82. The van der Waals surface area contributed by atoms with Gasteiger partial charge in [0.1, 0.15) is 18.1 Å². The van der Waals surface area contributed by atoms with Crippen molar-refractivity contribution in [2.45, 2.75) is 13.0 Å². The van der Waals surface area contributed by atoms with E-state index in [1.54, 1.807) is 12.1 Å². The van der Waals surface area contributed by atoms with E-state index in [1.165, 1.54) is 11.1 Å². The minimum Gasteiger partial charge on any atom is -0.508 e. The Kier molecular flexibility index (Phi) is 3.93. The van der Waals surface area contributed by atoms with Crippen molar-refractivity contribution in [2.75, 3.05) is 13.6 Å². The van der Waals surface area contributed by atoms with Crippen LogP contribution in [0.2, 0.25) is 0 Å². The summed E-state index contributed by atoms with van der Waals surface area (Å²) in [4.78, 5) is 0. The molecule has 0 fully saturated rings. The third-order valence-electron chi connectivity index (χ3n) is 3.69. The molecule has 0 radical (unpaired) electrons. The van der Waals surface area contributed by atoms with Crippen molar-refractivity contribution < 1.29 is 9.84 Å². The number of phenols is 1. The molecule has 1 aliphatic heterocycles. The van der Waals surface area contributed by atoms with Crippen molar-refractivity contribution in [1.82, 2.24) is 5.32 Å². The fourth-order valence-corrected chi connectivity index (χ4v) is 2.64. The maximum Gasteiger partial charge on any atom is 0.127 e. The molecule has 2 aromatic carbocycles. The third-order valence-corrected chi connectivity index (χ3v) is 3.69. The molecule has 0 atom stereocenters. The van der Waals surface area contributed by atoms with E-state index in [0.29, 0.717) is 6.61 Å². The lowest BCUT2D eigenvalue weighted by molar-refractivity contribution is 0.306. The van der Waals surface area contributed by atoms with E-state index in [2.05, 4.69) is 23.5 Å². The van der Waals surface area contributed by atoms with Crippen molar-refractivity contribution in [3.8, 4) is 11.5 Å². The summed E-state index contributed by atoms with van der Waals surface area (Å²) in [5, 5.41) is 13.0. The molecule has 1 heterocycles. The van der Waals surface area contributed by atoms with E-state index in [4.69, 9.17) is 4.74 Å². The van der Waals surface area contributed by atoms with Crippen molar-refractivity contribution in [2.24, 2.45) is 0 Å². The van der Waals surface area contributed by atoms with Gasteiger partial charge < -0.3 is 15.2 Å². The Morgan fingerprint density at radius 3 is 2.90 bits per heavy atom. The molecule has 3 rings (SSSR count). The summed E-state index contributed by atoms with van der Waals surface area (Å²) in [6.45, 7) is 1.47. The zero-order valence-corrected chi connectivity index (χ0v) is 12.1. The van der Waals surface area contributed by atoms with Crippen molar-refractivity contribution in [3.63, 3.8) is 0 Å². The second-order valence-corrected chi connectivity index (χ2v) is 5.14. The van der Waals surface area contributed by atoms with Crippen molar-refractivity contribution in [3.05, 3.63) is 65.2 Å². The van der Waals surface area contributed by atoms with Gasteiger partial charge in [0.25, 0.3) is 0 Å². The Labute approximate surface area is 124 Å². The fourth-order valence-electron chi connectivity index (χ4n) is 2.64. The van der Waals surface area contributed by atoms with Crippen LogP contribution in [0.1, 0.15) is 23.1 Å². The van der Waals surface area contributed by atoms with Crippen LogP contribution in [0, 0.1) is 0 Å². The maximum atomic E-state index is 9.82. The van der Waals surface area contributed by atoms with E-state index in [1.807, 2.05) is 25.2 Å². The number of rotatable bonds is 3. The molecule has 0 spiro atoms. The van der Waals surface area contributed by atoms with Crippen LogP contribution in [0.15, 0.2) is 48.5 Å². The van der Waals surface area contributed by atoms with E-state index in [-0.39, 0.29) is 5.75 Å². The highest BCUT2D eigenvalue weighted by molar-refractivity contribution is 5.85. The van der Waals surface area contributed by atoms with Gasteiger partial charge in [-0.25, -0.2) is 0 Å². The summed E-state index contributed by atoms with van der Waals surface area (Å²) in [6, 6.07) is 13.6. The molecule has 2 N–H and O–H groups in total. The summed E-state index contributed by atoms with van der Waals surface area (Å²) < 4.78 is 5.90. The Bertz CT molecular complexity index is 677. The van der Waals surface area contributed by atoms with Crippen LogP contribution in [0.5, 0.6) is 11.5 Å². The molecular weight excluding hydrogens is 262 g/mol. The zero-order valence-electron chi connectivity index (χ0n) is 12.1. The normalized spacial score (nSPS) is 15.0. The number of hydrogen-bond donors (Lipinski definition) is 2. The first kappa shape index (κ1) is 13.7. The third kappa shape index (κ3) is 2.78. The molecule has 0 saturated heterocycles. The summed E-state index contributed by atoms with van der Waals surface area (Å²) in [5.41, 5.74) is 4.43. The fraction of sp³-hybridized carbons (Fsp3) is 0.222. The number of benzene rings is 2. The standard InChI is InChI=1S/C18H19NO2/c1-19-10-4-7-16-15-6-3-2-5-13(15)12-21-18-9-8-14(20)11-17(16)18/h2-3,5-9,11,19-20H,4,10,12H2,1H3. The van der Waals surface area contributed by atoms with Crippen LogP contribution in [0.4, 0.5) is 0 Å². The molecule has 1 aliphatic rings. The number of phenolic OH excluding ortho intramolecular Hbond substituents is 1. The van der Waals surface area contributed by atoms with Gasteiger partial charge in [-0.1, -0.05) is 30.3 Å². The molecule has 21 heavy (non-hydrogen) atoms. The minimum absolute atomic E-state index is 0.260. The zero-order chi connectivity index (χ0) is 14.7. The predicted molar refractivity (Wildman–Crippen MR) is 84.5 cm³/mol. The topological polar surface area (TPSA) is 41.5 Å². The Morgan fingerprint density at radius 1 is 1.19 bits per heavy atom. The summed E-state index contributed by atoms with van der Waals surface area (Å²) >= 11 is 0. The number of hydrogen-bond acceptors (Lipinski definition) is 3. The van der Waals surface area contributed by atoms with Gasteiger partial charge >= 0.3 is 0 Å². The molecule has 0 bridgehead atoms. The SMILES string of the molecule is CNCCC=C1c2ccccc2COc2ccc(O)cc21. The minimum atomic E-state index is 0.260. The van der Waals surface area contributed by atoms with E-state index in [0.717, 1.165) is 29.9 Å². The van der Waals surface area contributed by atoms with E-state index < -0.39 is 0 Å². The molecule has 108 valence electrons. The van der Waals surface area contributed by atoms with Gasteiger partial charge in [0.15, 0.2) is 0 Å². The molecule has 0 saturated carbocycles. The Hall–Kier alpha value is -2.26. The Morgan fingerprint density at radius 2 is 2.05 bits per heavy atom. The monoisotopic (exact) mass is 281 g/mol. The highest BCUT2D eigenvalue weighted by Crippen LogP contribution is 2.38. The van der Waals surface area contributed by atoms with Gasteiger partial charge in [-0.3, -0.25) is 0 Å². The van der Waals surface area contributed by atoms with Gasteiger partial charge in [-0.15, -0.1) is 0 Å². The van der Waals surface area contributed by atoms with Crippen molar-refractivity contribution in [1.29, 1.82) is 0 Å². The molecule has 3 heteroatoms. The summed E-state index contributed by atoms with van der Waals surface area (Å²) in [5.74, 6) is 1.08. The predicted octanol–water partition coefficient (Wildman–Crippen LogP) is 3.33. The van der Waals surface area contributed by atoms with Gasteiger partial charge in [-0.2, -0.15) is 0 Å². The number of fused-ring (bicyclic) bond motifs is 2. The van der Waals surface area contributed by atoms with Crippen molar-refractivity contribution >= 4 is 5.57 Å². The van der Waals surface area contributed by atoms with Crippen LogP contribution in [-0.4, -0.2) is 18.7 Å². The Balaban J connectivity index is 2.14. The summed E-state index contributed by atoms with van der Waals surface area (Å²) in [7, 11) is 1.95.